The zero-order valence-electron chi connectivity index (χ0n) is 16.3. The first kappa shape index (κ1) is 16.9. The summed E-state index contributed by atoms with van der Waals surface area (Å²) in [6.45, 7) is 6.43. The minimum absolute atomic E-state index is 0.361. The number of allylic oxidation sites excluding steroid dienone is 1. The molecule has 0 N–H and O–H groups in total. The highest BCUT2D eigenvalue weighted by Gasteiger charge is 2.20. The van der Waals surface area contributed by atoms with Crippen LogP contribution in [0.3, 0.4) is 0 Å². The lowest BCUT2D eigenvalue weighted by molar-refractivity contribution is 0.600. The van der Waals surface area contributed by atoms with Crippen molar-refractivity contribution in [3.8, 4) is 11.3 Å². The molecule has 0 unspecified atom stereocenters. The Balaban J connectivity index is 1.57. The fourth-order valence-electron chi connectivity index (χ4n) is 4.14. The van der Waals surface area contributed by atoms with Crippen LogP contribution in [0.4, 0.5) is 0 Å². The van der Waals surface area contributed by atoms with Gasteiger partial charge in [-0.2, -0.15) is 0 Å². The average molecular weight is 366 g/mol. The van der Waals surface area contributed by atoms with Crippen LogP contribution >= 0.6 is 0 Å². The first-order valence-electron chi connectivity index (χ1n) is 9.72. The third-order valence-electron chi connectivity index (χ3n) is 5.38. The monoisotopic (exact) mass is 366 g/mol. The van der Waals surface area contributed by atoms with E-state index in [0.717, 1.165) is 51.5 Å². The quantitative estimate of drug-likeness (QED) is 0.489. The van der Waals surface area contributed by atoms with Crippen LogP contribution in [-0.2, 0) is 6.42 Å². The third-order valence-corrected chi connectivity index (χ3v) is 5.38. The van der Waals surface area contributed by atoms with Gasteiger partial charge in [0.05, 0.1) is 28.8 Å². The summed E-state index contributed by atoms with van der Waals surface area (Å²) in [6, 6.07) is 17.1. The van der Waals surface area contributed by atoms with Crippen molar-refractivity contribution in [2.45, 2.75) is 33.2 Å². The molecule has 1 aliphatic carbocycles. The van der Waals surface area contributed by atoms with Gasteiger partial charge in [-0.1, -0.05) is 42.5 Å². The van der Waals surface area contributed by atoms with Crippen LogP contribution in [0.2, 0.25) is 0 Å². The molecule has 1 aliphatic rings. The Kier molecular flexibility index (Phi) is 3.86. The van der Waals surface area contributed by atoms with Gasteiger partial charge in [0.25, 0.3) is 0 Å². The lowest BCUT2D eigenvalue weighted by Crippen LogP contribution is -2.03. The molecule has 28 heavy (non-hydrogen) atoms. The molecule has 5 rings (SSSR count). The topological polar surface area (TPSA) is 43.6 Å². The maximum absolute atomic E-state index is 4.91. The molecule has 138 valence electrons. The van der Waals surface area contributed by atoms with Crippen molar-refractivity contribution in [1.29, 1.82) is 0 Å². The maximum atomic E-state index is 4.91. The molecule has 4 nitrogen and oxygen atoms in total. The molecule has 1 aromatic carbocycles. The SMILES string of the molecule is Cc1nc2cnc(C3=CCc4nc(-c5ccccc5)ccc43)cc2n1C(C)C. The van der Waals surface area contributed by atoms with Crippen LogP contribution in [0, 0.1) is 6.92 Å². The van der Waals surface area contributed by atoms with Gasteiger partial charge in [-0.25, -0.2) is 4.98 Å². The number of aromatic nitrogens is 4. The predicted molar refractivity (Wildman–Crippen MR) is 113 cm³/mol. The van der Waals surface area contributed by atoms with Gasteiger partial charge in [0.1, 0.15) is 11.3 Å². The fraction of sp³-hybridized carbons (Fsp3) is 0.208. The number of nitrogens with zero attached hydrogens (tertiary/aromatic N) is 4. The molecule has 0 atom stereocenters. The van der Waals surface area contributed by atoms with E-state index < -0.39 is 0 Å². The number of imidazole rings is 1. The van der Waals surface area contributed by atoms with Gasteiger partial charge in [0, 0.05) is 29.2 Å². The molecule has 0 amide bonds. The molecule has 0 saturated carbocycles. The summed E-state index contributed by atoms with van der Waals surface area (Å²) in [6.07, 6.45) is 4.97. The summed E-state index contributed by atoms with van der Waals surface area (Å²) in [7, 11) is 0. The molecule has 0 fully saturated rings. The van der Waals surface area contributed by atoms with Gasteiger partial charge >= 0.3 is 0 Å². The highest BCUT2D eigenvalue weighted by atomic mass is 15.1. The van der Waals surface area contributed by atoms with E-state index in [-0.39, 0.29) is 0 Å². The zero-order valence-corrected chi connectivity index (χ0v) is 16.3. The molecule has 0 aliphatic heterocycles. The van der Waals surface area contributed by atoms with Gasteiger partial charge in [-0.3, -0.25) is 9.97 Å². The summed E-state index contributed by atoms with van der Waals surface area (Å²) in [5.41, 5.74) is 8.71. The second-order valence-corrected chi connectivity index (χ2v) is 7.56. The van der Waals surface area contributed by atoms with E-state index >= 15 is 0 Å². The number of hydrogen-bond donors (Lipinski definition) is 0. The van der Waals surface area contributed by atoms with Crippen molar-refractivity contribution < 1.29 is 0 Å². The van der Waals surface area contributed by atoms with Crippen LogP contribution in [0.15, 0.2) is 60.8 Å². The molecule has 4 aromatic rings. The van der Waals surface area contributed by atoms with Gasteiger partial charge < -0.3 is 4.57 Å². The van der Waals surface area contributed by atoms with Crippen LogP contribution in [0.25, 0.3) is 27.9 Å². The normalized spacial score (nSPS) is 13.2. The third kappa shape index (κ3) is 2.64. The summed E-state index contributed by atoms with van der Waals surface area (Å²) in [5.74, 6) is 1.03. The summed E-state index contributed by atoms with van der Waals surface area (Å²) in [4.78, 5) is 14.3. The summed E-state index contributed by atoms with van der Waals surface area (Å²) < 4.78 is 2.27. The molecule has 3 aromatic heterocycles. The number of benzene rings is 1. The van der Waals surface area contributed by atoms with E-state index in [1.165, 1.54) is 5.56 Å². The summed E-state index contributed by atoms with van der Waals surface area (Å²) in [5, 5.41) is 0. The standard InChI is InChI=1S/C24H22N4/c1-15(2)28-16(3)26-23-14-25-22(13-24(23)28)19-10-12-21-18(19)9-11-20(27-21)17-7-5-4-6-8-17/h4-11,13-15H,12H2,1-3H3. The van der Waals surface area contributed by atoms with Gasteiger partial charge in [-0.05, 0) is 32.9 Å². The van der Waals surface area contributed by atoms with E-state index in [1.54, 1.807) is 0 Å². The van der Waals surface area contributed by atoms with Crippen molar-refractivity contribution in [1.82, 2.24) is 19.5 Å². The smallest absolute Gasteiger partial charge is 0.107 e. The van der Waals surface area contributed by atoms with Crippen LogP contribution in [0.5, 0.6) is 0 Å². The number of hydrogen-bond acceptors (Lipinski definition) is 3. The van der Waals surface area contributed by atoms with Gasteiger partial charge in [0.15, 0.2) is 0 Å². The van der Waals surface area contributed by atoms with Crippen molar-refractivity contribution in [3.05, 3.63) is 83.6 Å². The molecule has 0 bridgehead atoms. The first-order chi connectivity index (χ1) is 13.6. The second-order valence-electron chi connectivity index (χ2n) is 7.56. The number of aryl methyl sites for hydroxylation is 1. The van der Waals surface area contributed by atoms with Crippen molar-refractivity contribution in [2.24, 2.45) is 0 Å². The Hall–Kier alpha value is -3.27. The largest absolute Gasteiger partial charge is 0.326 e. The first-order valence-corrected chi connectivity index (χ1v) is 9.72. The van der Waals surface area contributed by atoms with E-state index in [1.807, 2.05) is 24.4 Å². The van der Waals surface area contributed by atoms with Crippen LogP contribution in [0.1, 0.15) is 42.7 Å². The van der Waals surface area contributed by atoms with E-state index in [2.05, 4.69) is 66.7 Å². The molecular weight excluding hydrogens is 344 g/mol. The lowest BCUT2D eigenvalue weighted by atomic mass is 10.0. The predicted octanol–water partition coefficient (Wildman–Crippen LogP) is 5.37. The van der Waals surface area contributed by atoms with Gasteiger partial charge in [-0.15, -0.1) is 0 Å². The average Bonchev–Trinajstić information content (AvgIpc) is 3.27. The van der Waals surface area contributed by atoms with E-state index in [9.17, 15) is 0 Å². The number of pyridine rings is 2. The zero-order chi connectivity index (χ0) is 19.3. The van der Waals surface area contributed by atoms with Crippen molar-refractivity contribution in [2.75, 3.05) is 0 Å². The van der Waals surface area contributed by atoms with Gasteiger partial charge in [0.2, 0.25) is 0 Å². The lowest BCUT2D eigenvalue weighted by Gasteiger charge is -2.12. The minimum atomic E-state index is 0.361. The van der Waals surface area contributed by atoms with Crippen LogP contribution < -0.4 is 0 Å². The van der Waals surface area contributed by atoms with Crippen molar-refractivity contribution in [3.63, 3.8) is 0 Å². The van der Waals surface area contributed by atoms with E-state index in [4.69, 9.17) is 9.97 Å². The number of fused-ring (bicyclic) bond motifs is 2. The van der Waals surface area contributed by atoms with Crippen LogP contribution in [-0.4, -0.2) is 19.5 Å². The summed E-state index contributed by atoms with van der Waals surface area (Å²) >= 11 is 0. The Morgan fingerprint density at radius 2 is 1.79 bits per heavy atom. The van der Waals surface area contributed by atoms with Crippen molar-refractivity contribution >= 4 is 16.6 Å². The maximum Gasteiger partial charge on any atom is 0.107 e. The fourth-order valence-corrected chi connectivity index (χ4v) is 4.14. The Morgan fingerprint density at radius 3 is 2.57 bits per heavy atom. The molecule has 0 radical (unpaired) electrons. The van der Waals surface area contributed by atoms with E-state index in [0.29, 0.717) is 6.04 Å². The Morgan fingerprint density at radius 1 is 0.964 bits per heavy atom. The molecule has 0 saturated heterocycles. The second kappa shape index (κ2) is 6.41. The Bertz CT molecular complexity index is 1220. The molecule has 4 heteroatoms. The highest BCUT2D eigenvalue weighted by molar-refractivity contribution is 5.87. The highest BCUT2D eigenvalue weighted by Crippen LogP contribution is 2.34. The minimum Gasteiger partial charge on any atom is -0.326 e. The Labute approximate surface area is 164 Å². The number of rotatable bonds is 3. The molecular formula is C24H22N4. The molecule has 0 spiro atoms. The molecule has 3 heterocycles.